The zero-order valence-corrected chi connectivity index (χ0v) is 22.6. The molecule has 0 atom stereocenters. The number of hydrogen-bond donors (Lipinski definition) is 1. The van der Waals surface area contributed by atoms with E-state index in [9.17, 15) is 14.0 Å². The second-order valence-electron chi connectivity index (χ2n) is 10.9. The van der Waals surface area contributed by atoms with Crippen molar-refractivity contribution in [3.63, 3.8) is 0 Å². The predicted molar refractivity (Wildman–Crippen MR) is 148 cm³/mol. The van der Waals surface area contributed by atoms with Gasteiger partial charge in [-0.2, -0.15) is 5.26 Å². The molecule has 1 aliphatic rings. The van der Waals surface area contributed by atoms with Crippen LogP contribution in [0.5, 0.6) is 0 Å². The number of likely N-dealkylation sites (tertiary alicyclic amines) is 1. The lowest BCUT2D eigenvalue weighted by atomic mass is 9.65. The molecule has 0 spiro atoms. The first-order valence-electron chi connectivity index (χ1n) is 13.0. The number of nitrogens with two attached hydrogens (primary N) is 1. The second-order valence-corrected chi connectivity index (χ2v) is 10.9. The number of benzene rings is 2. The third kappa shape index (κ3) is 7.75. The number of nitriles is 1. The maximum Gasteiger partial charge on any atom is 0.217 e. The smallest absolute Gasteiger partial charge is 0.217 e. The normalized spacial score (nSPS) is 15.9. The van der Waals surface area contributed by atoms with E-state index in [0.29, 0.717) is 23.6 Å². The predicted octanol–water partition coefficient (Wildman–Crippen LogP) is 6.17. The average molecular weight is 521 g/mol. The molecule has 1 fully saturated rings. The van der Waals surface area contributed by atoms with Crippen molar-refractivity contribution >= 4 is 5.90 Å². The van der Waals surface area contributed by atoms with Crippen molar-refractivity contribution in [2.75, 3.05) is 19.6 Å². The minimum Gasteiger partial charge on any atom is -0.472 e. The van der Waals surface area contributed by atoms with Crippen molar-refractivity contribution in [1.29, 1.82) is 5.26 Å². The standard InChI is InChI=1S/C31H38F2N4O/c1-23(29(36-16-15-34)38-30(2,3)4)21-37-17-13-26(14-18-37)31(22-35,19-24-9-5-7-11-27(24)32)20-25-10-6-8-12-28(25)33/h5-12,15-16,26H,1,13-14,17-21,34H2,2-4H3/b16-15-,36-29+. The van der Waals surface area contributed by atoms with Gasteiger partial charge in [0.2, 0.25) is 5.90 Å². The van der Waals surface area contributed by atoms with Gasteiger partial charge < -0.3 is 10.5 Å². The molecule has 1 aliphatic heterocycles. The summed E-state index contributed by atoms with van der Waals surface area (Å²) in [6.07, 6.45) is 4.72. The van der Waals surface area contributed by atoms with E-state index in [1.165, 1.54) is 24.5 Å². The highest BCUT2D eigenvalue weighted by Crippen LogP contribution is 2.42. The van der Waals surface area contributed by atoms with Gasteiger partial charge in [-0.3, -0.25) is 4.90 Å². The highest BCUT2D eigenvalue weighted by molar-refractivity contribution is 5.94. The Balaban J connectivity index is 1.79. The fraction of sp³-hybridized carbons (Fsp3) is 0.419. The van der Waals surface area contributed by atoms with Gasteiger partial charge >= 0.3 is 0 Å². The molecule has 0 bridgehead atoms. The summed E-state index contributed by atoms with van der Waals surface area (Å²) in [6, 6.07) is 15.6. The van der Waals surface area contributed by atoms with E-state index in [-0.39, 0.29) is 30.4 Å². The van der Waals surface area contributed by atoms with Gasteiger partial charge in [-0.15, -0.1) is 0 Å². The molecule has 7 heteroatoms. The first kappa shape index (κ1) is 29.1. The lowest BCUT2D eigenvalue weighted by molar-refractivity contribution is 0.107. The van der Waals surface area contributed by atoms with Crippen molar-refractivity contribution < 1.29 is 13.5 Å². The van der Waals surface area contributed by atoms with Gasteiger partial charge in [0, 0.05) is 24.5 Å². The molecule has 0 radical (unpaired) electrons. The molecule has 0 aromatic heterocycles. The minimum atomic E-state index is -0.943. The van der Waals surface area contributed by atoms with Crippen LogP contribution in [0.25, 0.3) is 0 Å². The van der Waals surface area contributed by atoms with Crippen molar-refractivity contribution in [1.82, 2.24) is 4.90 Å². The molecular formula is C31H38F2N4O. The first-order chi connectivity index (χ1) is 18.1. The molecule has 0 amide bonds. The molecule has 3 rings (SSSR count). The number of halogens is 2. The molecule has 1 heterocycles. The zero-order chi connectivity index (χ0) is 27.8. The second kappa shape index (κ2) is 12.8. The largest absolute Gasteiger partial charge is 0.472 e. The molecule has 0 saturated carbocycles. The summed E-state index contributed by atoms with van der Waals surface area (Å²) in [5.41, 5.74) is 5.78. The number of ether oxygens (including phenoxy) is 1. The van der Waals surface area contributed by atoms with Crippen LogP contribution in [0.3, 0.4) is 0 Å². The first-order valence-corrected chi connectivity index (χ1v) is 13.0. The molecule has 38 heavy (non-hydrogen) atoms. The van der Waals surface area contributed by atoms with Crippen LogP contribution < -0.4 is 5.73 Å². The summed E-state index contributed by atoms with van der Waals surface area (Å²) in [5, 5.41) is 10.5. The van der Waals surface area contributed by atoms with Crippen LogP contribution in [-0.2, 0) is 17.6 Å². The molecule has 0 unspecified atom stereocenters. The number of rotatable bonds is 9. The number of hydrogen-bond acceptors (Lipinski definition) is 5. The van der Waals surface area contributed by atoms with E-state index in [0.717, 1.165) is 31.5 Å². The molecule has 2 N–H and O–H groups in total. The van der Waals surface area contributed by atoms with Crippen molar-refractivity contribution in [3.05, 3.63) is 95.8 Å². The zero-order valence-electron chi connectivity index (χ0n) is 22.6. The summed E-state index contributed by atoms with van der Waals surface area (Å²) < 4.78 is 35.4. The summed E-state index contributed by atoms with van der Waals surface area (Å²) in [4.78, 5) is 6.57. The van der Waals surface area contributed by atoms with Crippen LogP contribution in [0.15, 0.2) is 78.1 Å². The fourth-order valence-electron chi connectivity index (χ4n) is 5.06. The summed E-state index contributed by atoms with van der Waals surface area (Å²) in [5.74, 6) is -0.277. The molecule has 202 valence electrons. The van der Waals surface area contributed by atoms with E-state index in [4.69, 9.17) is 10.5 Å². The highest BCUT2D eigenvalue weighted by atomic mass is 19.1. The van der Waals surface area contributed by atoms with Crippen LogP contribution in [0, 0.1) is 34.3 Å². The summed E-state index contributed by atoms with van der Waals surface area (Å²) >= 11 is 0. The molecule has 2 aromatic rings. The number of aliphatic imine (C=N–C) groups is 1. The van der Waals surface area contributed by atoms with Crippen LogP contribution in [0.1, 0.15) is 44.7 Å². The van der Waals surface area contributed by atoms with Crippen LogP contribution in [-0.4, -0.2) is 36.0 Å². The Hall–Kier alpha value is -3.50. The van der Waals surface area contributed by atoms with E-state index in [2.05, 4.69) is 22.5 Å². The van der Waals surface area contributed by atoms with Crippen molar-refractivity contribution in [2.24, 2.45) is 22.1 Å². The molecule has 5 nitrogen and oxygen atoms in total. The monoisotopic (exact) mass is 520 g/mol. The van der Waals surface area contributed by atoms with Gasteiger partial charge in [0.1, 0.15) is 17.2 Å². The SMILES string of the molecule is C=C(CN1CCC(C(C#N)(Cc2ccccc2F)Cc2ccccc2F)CC1)/C(=N\C=C/N)OC(C)(C)C. The Bertz CT molecular complexity index is 1150. The van der Waals surface area contributed by atoms with E-state index < -0.39 is 11.0 Å². The molecule has 2 aromatic carbocycles. The Morgan fingerprint density at radius 3 is 2.05 bits per heavy atom. The van der Waals surface area contributed by atoms with E-state index >= 15 is 0 Å². The maximum atomic E-state index is 14.7. The van der Waals surface area contributed by atoms with Gasteiger partial charge in [-0.1, -0.05) is 43.0 Å². The van der Waals surface area contributed by atoms with Gasteiger partial charge in [0.05, 0.1) is 11.5 Å². The third-order valence-corrected chi connectivity index (χ3v) is 6.92. The topological polar surface area (TPSA) is 74.6 Å². The Morgan fingerprint density at radius 2 is 1.61 bits per heavy atom. The Labute approximate surface area is 225 Å². The molecule has 1 saturated heterocycles. The maximum absolute atomic E-state index is 14.7. The summed E-state index contributed by atoms with van der Waals surface area (Å²) in [6.45, 7) is 12.0. The third-order valence-electron chi connectivity index (χ3n) is 6.92. The van der Waals surface area contributed by atoms with Crippen LogP contribution in [0.2, 0.25) is 0 Å². The van der Waals surface area contributed by atoms with Gasteiger partial charge in [0.15, 0.2) is 0 Å². The molecule has 0 aliphatic carbocycles. The lowest BCUT2D eigenvalue weighted by Crippen LogP contribution is -2.44. The van der Waals surface area contributed by atoms with Crippen molar-refractivity contribution in [3.8, 4) is 6.07 Å². The van der Waals surface area contributed by atoms with Gasteiger partial charge in [-0.05, 0) is 88.7 Å². The van der Waals surface area contributed by atoms with Crippen LogP contribution >= 0.6 is 0 Å². The van der Waals surface area contributed by atoms with E-state index in [1.54, 1.807) is 36.4 Å². The van der Waals surface area contributed by atoms with Gasteiger partial charge in [0.25, 0.3) is 0 Å². The fourth-order valence-corrected chi connectivity index (χ4v) is 5.06. The average Bonchev–Trinajstić information content (AvgIpc) is 2.88. The molecular weight excluding hydrogens is 482 g/mol. The number of nitrogens with zero attached hydrogens (tertiary/aromatic N) is 3. The summed E-state index contributed by atoms with van der Waals surface area (Å²) in [7, 11) is 0. The highest BCUT2D eigenvalue weighted by Gasteiger charge is 2.42. The van der Waals surface area contributed by atoms with Crippen molar-refractivity contribution in [2.45, 2.75) is 52.1 Å². The van der Waals surface area contributed by atoms with Crippen LogP contribution in [0.4, 0.5) is 8.78 Å². The minimum absolute atomic E-state index is 0.0321. The Kier molecular flexibility index (Phi) is 9.82. The van der Waals surface area contributed by atoms with Gasteiger partial charge in [-0.25, -0.2) is 13.8 Å². The van der Waals surface area contributed by atoms with E-state index in [1.807, 2.05) is 20.8 Å². The Morgan fingerprint density at radius 1 is 1.08 bits per heavy atom. The number of piperidine rings is 1. The quantitative estimate of drug-likeness (QED) is 0.317. The lowest BCUT2D eigenvalue weighted by Gasteiger charge is -2.41.